The van der Waals surface area contributed by atoms with Gasteiger partial charge < -0.3 is 9.47 Å². The Balaban J connectivity index is 3.40. The number of nitrogens with zero attached hydrogens (tertiary/aromatic N) is 1. The molecule has 4 nitrogen and oxygen atoms in total. The number of rotatable bonds is 9. The first kappa shape index (κ1) is 14.4. The largest absolute Gasteiger partial charge is 0.465 e. The zero-order valence-electron chi connectivity index (χ0n) is 10.1. The highest BCUT2D eigenvalue weighted by atomic mass is 16.5. The minimum absolute atomic E-state index is 0.151. The van der Waals surface area contributed by atoms with Crippen molar-refractivity contribution in [2.45, 2.75) is 26.7 Å². The molecule has 0 saturated heterocycles. The first-order valence-corrected chi connectivity index (χ1v) is 5.62. The van der Waals surface area contributed by atoms with Gasteiger partial charge in [0.05, 0.1) is 19.8 Å². The molecule has 0 aromatic rings. The number of carbonyl (C=O) groups is 1. The molecule has 0 unspecified atom stereocenters. The molecule has 4 heteroatoms. The van der Waals surface area contributed by atoms with E-state index in [-0.39, 0.29) is 5.97 Å². The molecule has 0 atom stereocenters. The second-order valence-corrected chi connectivity index (χ2v) is 3.51. The minimum atomic E-state index is -0.151. The van der Waals surface area contributed by atoms with Gasteiger partial charge in [0.1, 0.15) is 0 Å². The van der Waals surface area contributed by atoms with Gasteiger partial charge in [-0.15, -0.1) is 0 Å². The van der Waals surface area contributed by atoms with E-state index >= 15 is 0 Å². The lowest BCUT2D eigenvalue weighted by molar-refractivity contribution is -0.144. The fourth-order valence-corrected chi connectivity index (χ4v) is 1.04. The summed E-state index contributed by atoms with van der Waals surface area (Å²) in [4.78, 5) is 13.2. The lowest BCUT2D eigenvalue weighted by Gasteiger charge is -2.15. The molecule has 0 aromatic carbocycles. The topological polar surface area (TPSA) is 38.8 Å². The Morgan fingerprint density at radius 1 is 1.27 bits per heavy atom. The van der Waals surface area contributed by atoms with Crippen LogP contribution in [0.15, 0.2) is 0 Å². The van der Waals surface area contributed by atoms with Crippen LogP contribution in [-0.2, 0) is 14.3 Å². The van der Waals surface area contributed by atoms with Crippen LogP contribution in [-0.4, -0.2) is 50.8 Å². The molecular weight excluding hydrogens is 194 g/mol. The molecule has 0 bridgehead atoms. The molecule has 0 N–H and O–H groups in total. The van der Waals surface area contributed by atoms with Gasteiger partial charge in [-0.1, -0.05) is 13.3 Å². The molecule has 15 heavy (non-hydrogen) atoms. The van der Waals surface area contributed by atoms with Crippen LogP contribution in [0.3, 0.4) is 0 Å². The number of hydrogen-bond acceptors (Lipinski definition) is 4. The molecule has 0 amide bonds. The highest BCUT2D eigenvalue weighted by Crippen LogP contribution is 1.91. The van der Waals surface area contributed by atoms with Crippen molar-refractivity contribution < 1.29 is 14.3 Å². The summed E-state index contributed by atoms with van der Waals surface area (Å²) in [6.45, 7) is 7.05. The predicted molar refractivity (Wildman–Crippen MR) is 59.9 cm³/mol. The summed E-state index contributed by atoms with van der Waals surface area (Å²) in [6, 6.07) is 0. The van der Waals surface area contributed by atoms with Crippen LogP contribution in [0.4, 0.5) is 0 Å². The van der Waals surface area contributed by atoms with E-state index < -0.39 is 0 Å². The average molecular weight is 217 g/mol. The van der Waals surface area contributed by atoms with Gasteiger partial charge >= 0.3 is 5.97 Å². The molecule has 0 saturated carbocycles. The molecule has 0 heterocycles. The Kier molecular flexibility index (Phi) is 9.52. The number of likely N-dealkylation sites (N-methyl/N-ethyl adjacent to an activating group) is 1. The van der Waals surface area contributed by atoms with Crippen LogP contribution in [0.1, 0.15) is 26.7 Å². The van der Waals surface area contributed by atoms with E-state index in [1.165, 1.54) is 0 Å². The fourth-order valence-electron chi connectivity index (χ4n) is 1.04. The van der Waals surface area contributed by atoms with Crippen LogP contribution in [0.2, 0.25) is 0 Å². The average Bonchev–Trinajstić information content (AvgIpc) is 2.18. The third-order valence-corrected chi connectivity index (χ3v) is 1.98. The molecule has 0 radical (unpaired) electrons. The van der Waals surface area contributed by atoms with Crippen molar-refractivity contribution in [1.82, 2.24) is 4.90 Å². The van der Waals surface area contributed by atoms with Crippen LogP contribution >= 0.6 is 0 Å². The van der Waals surface area contributed by atoms with E-state index in [0.717, 1.165) is 26.0 Å². The van der Waals surface area contributed by atoms with Gasteiger partial charge in [-0.2, -0.15) is 0 Å². The van der Waals surface area contributed by atoms with E-state index in [1.807, 2.05) is 18.9 Å². The molecule has 90 valence electrons. The summed E-state index contributed by atoms with van der Waals surface area (Å²) < 4.78 is 10.2. The van der Waals surface area contributed by atoms with Gasteiger partial charge in [0.2, 0.25) is 0 Å². The van der Waals surface area contributed by atoms with Crippen LogP contribution in [0.25, 0.3) is 0 Å². The van der Waals surface area contributed by atoms with Crippen LogP contribution < -0.4 is 0 Å². The Labute approximate surface area is 92.5 Å². The van der Waals surface area contributed by atoms with Crippen molar-refractivity contribution in [3.63, 3.8) is 0 Å². The lowest BCUT2D eigenvalue weighted by Crippen LogP contribution is -2.30. The third kappa shape index (κ3) is 9.69. The normalized spacial score (nSPS) is 10.7. The number of hydrogen-bond donors (Lipinski definition) is 0. The second-order valence-electron chi connectivity index (χ2n) is 3.51. The summed E-state index contributed by atoms with van der Waals surface area (Å²) in [6.07, 6.45) is 1.99. The highest BCUT2D eigenvalue weighted by molar-refractivity contribution is 5.71. The van der Waals surface area contributed by atoms with Crippen molar-refractivity contribution in [2.75, 3.05) is 40.0 Å². The maximum atomic E-state index is 11.3. The predicted octanol–water partition coefficient (Wildman–Crippen LogP) is 1.30. The monoisotopic (exact) mass is 217 g/mol. The van der Waals surface area contributed by atoms with E-state index in [4.69, 9.17) is 9.47 Å². The standard InChI is InChI=1S/C11H23NO3/c1-4-6-8-15-11(13)10-12(3)7-9-14-5-2/h4-10H2,1-3H3. The summed E-state index contributed by atoms with van der Waals surface area (Å²) in [7, 11) is 1.89. The SMILES string of the molecule is CCCCOC(=O)CN(C)CCOCC. The van der Waals surface area contributed by atoms with E-state index in [9.17, 15) is 4.79 Å². The van der Waals surface area contributed by atoms with Gasteiger partial charge in [-0.25, -0.2) is 0 Å². The van der Waals surface area contributed by atoms with Gasteiger partial charge in [0.25, 0.3) is 0 Å². The number of esters is 1. The Hall–Kier alpha value is -0.610. The zero-order chi connectivity index (χ0) is 11.5. The molecule has 0 rings (SSSR count). The van der Waals surface area contributed by atoms with E-state index in [0.29, 0.717) is 19.8 Å². The summed E-state index contributed by atoms with van der Waals surface area (Å²) in [5.74, 6) is -0.151. The molecule has 0 fully saturated rings. The van der Waals surface area contributed by atoms with Crippen molar-refractivity contribution in [2.24, 2.45) is 0 Å². The second kappa shape index (κ2) is 9.93. The number of carbonyl (C=O) groups excluding carboxylic acids is 1. The van der Waals surface area contributed by atoms with Gasteiger partial charge in [0.15, 0.2) is 0 Å². The van der Waals surface area contributed by atoms with Crippen molar-refractivity contribution >= 4 is 5.97 Å². The zero-order valence-corrected chi connectivity index (χ0v) is 10.1. The third-order valence-electron chi connectivity index (χ3n) is 1.98. The quantitative estimate of drug-likeness (QED) is 0.431. The lowest BCUT2D eigenvalue weighted by atomic mass is 10.4. The van der Waals surface area contributed by atoms with Crippen LogP contribution in [0, 0.1) is 0 Å². The van der Waals surface area contributed by atoms with Crippen molar-refractivity contribution in [1.29, 1.82) is 0 Å². The van der Waals surface area contributed by atoms with Gasteiger partial charge in [0, 0.05) is 13.2 Å². The van der Waals surface area contributed by atoms with E-state index in [1.54, 1.807) is 0 Å². The maximum Gasteiger partial charge on any atom is 0.320 e. The number of unbranched alkanes of at least 4 members (excludes halogenated alkanes) is 1. The fraction of sp³-hybridized carbons (Fsp3) is 0.909. The Morgan fingerprint density at radius 2 is 2.00 bits per heavy atom. The van der Waals surface area contributed by atoms with Gasteiger partial charge in [-0.3, -0.25) is 9.69 Å². The van der Waals surface area contributed by atoms with Crippen molar-refractivity contribution in [3.05, 3.63) is 0 Å². The maximum absolute atomic E-state index is 11.3. The van der Waals surface area contributed by atoms with Crippen LogP contribution in [0.5, 0.6) is 0 Å². The highest BCUT2D eigenvalue weighted by Gasteiger charge is 2.06. The van der Waals surface area contributed by atoms with Gasteiger partial charge in [-0.05, 0) is 20.4 Å². The molecule has 0 aliphatic heterocycles. The molecule has 0 aromatic heterocycles. The molecule has 0 aliphatic carbocycles. The minimum Gasteiger partial charge on any atom is -0.465 e. The summed E-state index contributed by atoms with van der Waals surface area (Å²) in [5.41, 5.74) is 0. The Morgan fingerprint density at radius 3 is 2.60 bits per heavy atom. The smallest absolute Gasteiger partial charge is 0.320 e. The molecule has 0 spiro atoms. The van der Waals surface area contributed by atoms with E-state index in [2.05, 4.69) is 6.92 Å². The molecular formula is C11H23NO3. The first-order valence-electron chi connectivity index (χ1n) is 5.62. The number of ether oxygens (including phenoxy) is 2. The summed E-state index contributed by atoms with van der Waals surface area (Å²) >= 11 is 0. The Bertz CT molecular complexity index is 162. The molecule has 0 aliphatic rings. The summed E-state index contributed by atoms with van der Waals surface area (Å²) in [5, 5.41) is 0. The van der Waals surface area contributed by atoms with Crippen molar-refractivity contribution in [3.8, 4) is 0 Å². The first-order chi connectivity index (χ1) is 7.20.